The molecule has 0 bridgehead atoms. The molecule has 166 valence electrons. The third-order valence-electron chi connectivity index (χ3n) is 5.43. The molecule has 0 unspecified atom stereocenters. The summed E-state index contributed by atoms with van der Waals surface area (Å²) >= 11 is 0. The Kier molecular flexibility index (Phi) is 12.8. The molecule has 0 radical (unpaired) electrons. The monoisotopic (exact) mass is 408 g/mol. The molecule has 1 aliphatic rings. The van der Waals surface area contributed by atoms with Gasteiger partial charge in [0.1, 0.15) is 5.78 Å². The molecule has 5 nitrogen and oxygen atoms in total. The van der Waals surface area contributed by atoms with E-state index >= 15 is 0 Å². The van der Waals surface area contributed by atoms with E-state index in [9.17, 15) is 19.8 Å². The quantitative estimate of drug-likeness (QED) is 0.253. The topological polar surface area (TPSA) is 83.8 Å². The van der Waals surface area contributed by atoms with Gasteiger partial charge in [-0.05, 0) is 32.1 Å². The van der Waals surface area contributed by atoms with Gasteiger partial charge in [-0.3, -0.25) is 9.59 Å². The Morgan fingerprint density at radius 3 is 2.66 bits per heavy atom. The van der Waals surface area contributed by atoms with Crippen molar-refractivity contribution >= 4 is 11.8 Å². The Morgan fingerprint density at radius 1 is 1.21 bits per heavy atom. The van der Waals surface area contributed by atoms with Gasteiger partial charge in [-0.25, -0.2) is 0 Å². The van der Waals surface area contributed by atoms with Crippen LogP contribution < -0.4 is 0 Å². The largest absolute Gasteiger partial charge is 0.465 e. The minimum Gasteiger partial charge on any atom is -0.465 e. The number of aliphatic hydroxyl groups is 2. The number of ketones is 1. The third-order valence-corrected chi connectivity index (χ3v) is 5.43. The molecule has 5 heteroatoms. The fourth-order valence-electron chi connectivity index (χ4n) is 3.55. The van der Waals surface area contributed by atoms with Crippen molar-refractivity contribution in [3.63, 3.8) is 0 Å². The van der Waals surface area contributed by atoms with Crippen LogP contribution in [0.2, 0.25) is 0 Å². The Morgan fingerprint density at radius 2 is 1.97 bits per heavy atom. The second-order valence-electron chi connectivity index (χ2n) is 8.39. The van der Waals surface area contributed by atoms with Gasteiger partial charge >= 0.3 is 5.97 Å². The fraction of sp³-hybridized carbons (Fsp3) is 0.750. The Bertz CT molecular complexity index is 537. The van der Waals surface area contributed by atoms with Crippen molar-refractivity contribution in [3.05, 3.63) is 24.3 Å². The number of carbonyl (C=O) groups is 2. The minimum atomic E-state index is -0.657. The lowest BCUT2D eigenvalue weighted by Crippen LogP contribution is -2.18. The maximum Gasteiger partial charge on any atom is 0.308 e. The number of hydrogen-bond acceptors (Lipinski definition) is 5. The van der Waals surface area contributed by atoms with E-state index in [-0.39, 0.29) is 35.9 Å². The van der Waals surface area contributed by atoms with Crippen molar-refractivity contribution < 1.29 is 24.5 Å². The fourth-order valence-corrected chi connectivity index (χ4v) is 3.55. The molecule has 29 heavy (non-hydrogen) atoms. The molecule has 0 saturated heterocycles. The van der Waals surface area contributed by atoms with Gasteiger partial charge in [-0.1, -0.05) is 64.3 Å². The first kappa shape index (κ1) is 25.6. The van der Waals surface area contributed by atoms with E-state index in [2.05, 4.69) is 13.0 Å². The van der Waals surface area contributed by atoms with Crippen molar-refractivity contribution in [1.82, 2.24) is 0 Å². The maximum absolute atomic E-state index is 12.2. The summed E-state index contributed by atoms with van der Waals surface area (Å²) in [6, 6.07) is 0. The summed E-state index contributed by atoms with van der Waals surface area (Å²) in [4.78, 5) is 23.6. The van der Waals surface area contributed by atoms with Crippen LogP contribution in [0.5, 0.6) is 0 Å². The Balaban J connectivity index is 2.35. The molecule has 4 atom stereocenters. The average molecular weight is 409 g/mol. The van der Waals surface area contributed by atoms with E-state index < -0.39 is 12.2 Å². The molecule has 1 aliphatic carbocycles. The van der Waals surface area contributed by atoms with Gasteiger partial charge in [0.25, 0.3) is 0 Å². The minimum absolute atomic E-state index is 0.0892. The average Bonchev–Trinajstić information content (AvgIpc) is 2.94. The summed E-state index contributed by atoms with van der Waals surface area (Å²) in [5.74, 6) is -0.587. The summed E-state index contributed by atoms with van der Waals surface area (Å²) < 4.78 is 5.14. The lowest BCUT2D eigenvalue weighted by Gasteiger charge is -2.16. The van der Waals surface area contributed by atoms with Crippen LogP contribution in [-0.2, 0) is 14.3 Å². The summed E-state index contributed by atoms with van der Waals surface area (Å²) in [7, 11) is 0. The number of aliphatic hydroxyl groups excluding tert-OH is 2. The van der Waals surface area contributed by atoms with Gasteiger partial charge < -0.3 is 14.9 Å². The zero-order chi connectivity index (χ0) is 21.6. The molecule has 0 amide bonds. The number of ether oxygens (including phenoxy) is 1. The molecular formula is C24H40O5. The molecule has 0 spiro atoms. The SMILES string of the molecule is CCCCC[C@H](O)C=C[C@H]1[C@H](O)CC(=O)[C@@H]1CC=CCCCCOC(=O)C(C)C. The van der Waals surface area contributed by atoms with Crippen LogP contribution in [0, 0.1) is 17.8 Å². The molecule has 0 aliphatic heterocycles. The molecule has 0 aromatic rings. The molecule has 2 N–H and O–H groups in total. The first-order valence-corrected chi connectivity index (χ1v) is 11.3. The second-order valence-corrected chi connectivity index (χ2v) is 8.39. The number of allylic oxidation sites excluding steroid dienone is 2. The zero-order valence-electron chi connectivity index (χ0n) is 18.4. The first-order chi connectivity index (χ1) is 13.9. The molecule has 1 rings (SSSR count). The van der Waals surface area contributed by atoms with Crippen LogP contribution in [0.3, 0.4) is 0 Å². The van der Waals surface area contributed by atoms with Crippen molar-refractivity contribution in [2.24, 2.45) is 17.8 Å². The smallest absolute Gasteiger partial charge is 0.308 e. The predicted octanol–water partition coefficient (Wildman–Crippen LogP) is 4.37. The van der Waals surface area contributed by atoms with E-state index in [1.165, 1.54) is 0 Å². The first-order valence-electron chi connectivity index (χ1n) is 11.3. The van der Waals surface area contributed by atoms with Gasteiger partial charge in [0.05, 0.1) is 24.7 Å². The lowest BCUT2D eigenvalue weighted by molar-refractivity contribution is -0.147. The molecular weight excluding hydrogens is 368 g/mol. The van der Waals surface area contributed by atoms with Crippen LogP contribution in [0.25, 0.3) is 0 Å². The standard InChI is InChI=1S/C24H40O5/c1-4-5-9-12-19(25)14-15-21-20(22(26)17-23(21)27)13-10-7-6-8-11-16-29-24(28)18(2)3/h7,10,14-15,18-21,23,25,27H,4-6,8-9,11-13,16-17H2,1-3H3/t19-,20+,21+,23+/m0/s1. The highest BCUT2D eigenvalue weighted by Gasteiger charge is 2.39. The number of carbonyl (C=O) groups excluding carboxylic acids is 2. The van der Waals surface area contributed by atoms with Crippen molar-refractivity contribution in [2.75, 3.05) is 6.61 Å². The van der Waals surface area contributed by atoms with E-state index in [1.54, 1.807) is 6.08 Å². The van der Waals surface area contributed by atoms with Crippen LogP contribution in [0.4, 0.5) is 0 Å². The van der Waals surface area contributed by atoms with Crippen molar-refractivity contribution in [3.8, 4) is 0 Å². The lowest BCUT2D eigenvalue weighted by atomic mass is 9.90. The maximum atomic E-state index is 12.2. The number of esters is 1. The number of unbranched alkanes of at least 4 members (excludes halogenated alkanes) is 4. The summed E-state index contributed by atoms with van der Waals surface area (Å²) in [6.45, 7) is 6.22. The molecule has 0 aromatic heterocycles. The normalized spacial score (nSPS) is 23.5. The molecule has 1 fully saturated rings. The highest BCUT2D eigenvalue weighted by molar-refractivity contribution is 5.84. The molecule has 0 aromatic carbocycles. The summed E-state index contributed by atoms with van der Waals surface area (Å²) in [5.41, 5.74) is 0. The van der Waals surface area contributed by atoms with Gasteiger partial charge in [0.2, 0.25) is 0 Å². The van der Waals surface area contributed by atoms with Gasteiger partial charge in [-0.2, -0.15) is 0 Å². The van der Waals surface area contributed by atoms with Crippen molar-refractivity contribution in [1.29, 1.82) is 0 Å². The third kappa shape index (κ3) is 10.2. The molecule has 1 saturated carbocycles. The van der Waals surface area contributed by atoms with Gasteiger partial charge in [0, 0.05) is 18.3 Å². The van der Waals surface area contributed by atoms with E-state index in [4.69, 9.17) is 4.74 Å². The van der Waals surface area contributed by atoms with Crippen LogP contribution in [0.1, 0.15) is 78.6 Å². The number of rotatable bonds is 14. The summed E-state index contributed by atoms with van der Waals surface area (Å²) in [5, 5.41) is 20.3. The van der Waals surface area contributed by atoms with E-state index in [1.807, 2.05) is 26.0 Å². The predicted molar refractivity (Wildman–Crippen MR) is 115 cm³/mol. The van der Waals surface area contributed by atoms with Gasteiger partial charge in [0.15, 0.2) is 0 Å². The number of Topliss-reactive ketones (excluding diaryl/α,β-unsaturated/α-hetero) is 1. The van der Waals surface area contributed by atoms with Crippen LogP contribution in [0.15, 0.2) is 24.3 Å². The van der Waals surface area contributed by atoms with Crippen LogP contribution >= 0.6 is 0 Å². The number of hydrogen-bond donors (Lipinski definition) is 2. The molecule has 0 heterocycles. The van der Waals surface area contributed by atoms with Crippen molar-refractivity contribution in [2.45, 2.75) is 90.8 Å². The van der Waals surface area contributed by atoms with Crippen LogP contribution in [-0.4, -0.2) is 40.8 Å². The highest BCUT2D eigenvalue weighted by atomic mass is 16.5. The second kappa shape index (κ2) is 14.5. The van der Waals surface area contributed by atoms with E-state index in [0.717, 1.165) is 44.9 Å². The Hall–Kier alpha value is -1.46. The summed E-state index contributed by atoms with van der Waals surface area (Å²) in [6.07, 6.45) is 13.8. The zero-order valence-corrected chi connectivity index (χ0v) is 18.4. The Labute approximate surface area is 176 Å². The van der Waals surface area contributed by atoms with E-state index in [0.29, 0.717) is 13.0 Å². The highest BCUT2D eigenvalue weighted by Crippen LogP contribution is 2.33. The van der Waals surface area contributed by atoms with Gasteiger partial charge in [-0.15, -0.1) is 0 Å².